The van der Waals surface area contributed by atoms with Crippen LogP contribution in [-0.4, -0.2) is 13.2 Å². The Hall–Kier alpha value is -5.44. The smallest absolute Gasteiger partial charge is 0.127 e. The van der Waals surface area contributed by atoms with Gasteiger partial charge in [0.15, 0.2) is 0 Å². The highest BCUT2D eigenvalue weighted by Gasteiger charge is 2.20. The zero-order valence-corrected chi connectivity index (χ0v) is 22.5. The van der Waals surface area contributed by atoms with E-state index in [2.05, 4.69) is 84.3 Å². The van der Waals surface area contributed by atoms with E-state index in [1.54, 1.807) is 0 Å². The molecule has 0 bridgehead atoms. The lowest BCUT2D eigenvalue weighted by Gasteiger charge is -2.18. The minimum atomic E-state index is 0.601. The second-order valence-corrected chi connectivity index (χ2v) is 10.0. The third kappa shape index (κ3) is 5.12. The van der Waals surface area contributed by atoms with Crippen molar-refractivity contribution in [2.24, 2.45) is 0 Å². The highest BCUT2D eigenvalue weighted by atomic mass is 16.5. The van der Waals surface area contributed by atoms with Gasteiger partial charge in [-0.3, -0.25) is 0 Å². The minimum Gasteiger partial charge on any atom is -0.493 e. The molecule has 1 heterocycles. The maximum Gasteiger partial charge on any atom is 0.127 e. The quantitative estimate of drug-likeness (QED) is 0.185. The number of hydrogen-bond donors (Lipinski definition) is 0. The summed E-state index contributed by atoms with van der Waals surface area (Å²) in [5.41, 5.74) is 6.05. The molecule has 0 aromatic heterocycles. The Morgan fingerprint density at radius 1 is 0.415 bits per heavy atom. The first-order valence-corrected chi connectivity index (χ1v) is 13.9. The molecular formula is C39H26O2. The maximum atomic E-state index is 6.34. The van der Waals surface area contributed by atoms with E-state index in [0.717, 1.165) is 72.8 Å². The summed E-state index contributed by atoms with van der Waals surface area (Å²) in [6, 6.07) is 41.4. The molecule has 0 radical (unpaired) electrons. The first-order valence-electron chi connectivity index (χ1n) is 13.9. The van der Waals surface area contributed by atoms with Gasteiger partial charge in [-0.15, -0.1) is 0 Å². The van der Waals surface area contributed by atoms with Crippen molar-refractivity contribution in [1.82, 2.24) is 0 Å². The van der Waals surface area contributed by atoms with E-state index in [-0.39, 0.29) is 0 Å². The molecule has 0 saturated carbocycles. The normalized spacial score (nSPS) is 12.1. The summed E-state index contributed by atoms with van der Waals surface area (Å²) < 4.78 is 12.7. The first-order chi connectivity index (χ1) is 20.3. The highest BCUT2D eigenvalue weighted by Crippen LogP contribution is 2.46. The highest BCUT2D eigenvalue weighted by molar-refractivity contribution is 6.10. The van der Waals surface area contributed by atoms with Crippen molar-refractivity contribution in [3.63, 3.8) is 0 Å². The fourth-order valence-corrected chi connectivity index (χ4v) is 5.29. The molecular weight excluding hydrogens is 500 g/mol. The van der Waals surface area contributed by atoms with Gasteiger partial charge in [-0.05, 0) is 82.2 Å². The summed E-state index contributed by atoms with van der Waals surface area (Å²) in [7, 11) is 0. The van der Waals surface area contributed by atoms with Gasteiger partial charge in [0.25, 0.3) is 0 Å². The third-order valence-electron chi connectivity index (χ3n) is 7.27. The number of benzene rings is 6. The van der Waals surface area contributed by atoms with Crippen LogP contribution < -0.4 is 9.47 Å². The van der Waals surface area contributed by atoms with Gasteiger partial charge in [-0.2, -0.15) is 0 Å². The van der Waals surface area contributed by atoms with Crippen LogP contribution in [0, 0.1) is 23.7 Å². The molecule has 1 aliphatic rings. The number of fused-ring (bicyclic) bond motifs is 7. The maximum absolute atomic E-state index is 6.34. The number of ether oxygens (including phenoxy) is 2. The SMILES string of the molecule is C(#Cc1ccc2c3c(ccc2c1)OCCCOc1ccc2cc(C#Cc4ccccc4)ccc2c1-3)c1ccccc1. The minimum absolute atomic E-state index is 0.601. The fraction of sp³-hybridized carbons (Fsp3) is 0.0769. The Labute approximate surface area is 240 Å². The van der Waals surface area contributed by atoms with E-state index >= 15 is 0 Å². The summed E-state index contributed by atoms with van der Waals surface area (Å²) in [5, 5.41) is 4.44. The van der Waals surface area contributed by atoms with Crippen LogP contribution in [0.15, 0.2) is 121 Å². The van der Waals surface area contributed by atoms with Crippen LogP contribution in [0.5, 0.6) is 11.5 Å². The summed E-state index contributed by atoms with van der Waals surface area (Å²) in [6.45, 7) is 1.20. The molecule has 6 aromatic rings. The van der Waals surface area contributed by atoms with Crippen LogP contribution in [0.4, 0.5) is 0 Å². The van der Waals surface area contributed by atoms with Crippen LogP contribution in [0.1, 0.15) is 28.7 Å². The van der Waals surface area contributed by atoms with Gasteiger partial charge in [0.05, 0.1) is 13.2 Å². The van der Waals surface area contributed by atoms with Crippen LogP contribution >= 0.6 is 0 Å². The van der Waals surface area contributed by atoms with Crippen LogP contribution in [0.2, 0.25) is 0 Å². The molecule has 0 unspecified atom stereocenters. The third-order valence-corrected chi connectivity index (χ3v) is 7.27. The molecule has 2 heteroatoms. The van der Waals surface area contributed by atoms with Crippen molar-refractivity contribution >= 4 is 21.5 Å². The van der Waals surface area contributed by atoms with E-state index in [1.165, 1.54) is 0 Å². The van der Waals surface area contributed by atoms with Crippen molar-refractivity contribution in [3.05, 3.63) is 144 Å². The van der Waals surface area contributed by atoms with E-state index in [4.69, 9.17) is 9.47 Å². The topological polar surface area (TPSA) is 18.5 Å². The molecule has 1 aliphatic heterocycles. The zero-order valence-electron chi connectivity index (χ0n) is 22.5. The molecule has 7 rings (SSSR count). The lowest BCUT2D eigenvalue weighted by molar-refractivity contribution is 0.252. The molecule has 194 valence electrons. The lowest BCUT2D eigenvalue weighted by atomic mass is 9.91. The standard InChI is InChI=1S/C39H26O2/c1-3-8-28(9-4-1)12-14-30-16-20-34-32(26-30)18-22-36-38(34)39-35-21-17-31(15-13-29-10-5-2-6-11-29)27-33(35)19-23-37(39)41-25-7-24-40-36/h1-6,8-11,16-23,26-27H,7,24-25H2. The van der Waals surface area contributed by atoms with Crippen LogP contribution in [0.25, 0.3) is 32.7 Å². The molecule has 0 amide bonds. The summed E-state index contributed by atoms with van der Waals surface area (Å²) in [5.74, 6) is 14.9. The van der Waals surface area contributed by atoms with Gasteiger partial charge in [-0.25, -0.2) is 0 Å². The monoisotopic (exact) mass is 526 g/mol. The van der Waals surface area contributed by atoms with E-state index in [9.17, 15) is 0 Å². The van der Waals surface area contributed by atoms with Crippen molar-refractivity contribution in [2.45, 2.75) is 6.42 Å². The van der Waals surface area contributed by atoms with Gasteiger partial charge in [-0.1, -0.05) is 84.3 Å². The predicted octanol–water partition coefficient (Wildman–Crippen LogP) is 8.62. The van der Waals surface area contributed by atoms with Crippen molar-refractivity contribution in [3.8, 4) is 46.3 Å². The number of rotatable bonds is 0. The first kappa shape index (κ1) is 24.6. The van der Waals surface area contributed by atoms with Gasteiger partial charge < -0.3 is 9.47 Å². The van der Waals surface area contributed by atoms with Crippen LogP contribution in [-0.2, 0) is 0 Å². The van der Waals surface area contributed by atoms with Gasteiger partial charge in [0.1, 0.15) is 11.5 Å². The second-order valence-electron chi connectivity index (χ2n) is 10.0. The molecule has 0 aliphatic carbocycles. The Balaban J connectivity index is 1.38. The zero-order chi connectivity index (χ0) is 27.4. The molecule has 0 spiro atoms. The fourth-order valence-electron chi connectivity index (χ4n) is 5.29. The summed E-state index contributed by atoms with van der Waals surface area (Å²) >= 11 is 0. The van der Waals surface area contributed by atoms with E-state index in [1.807, 2.05) is 60.7 Å². The van der Waals surface area contributed by atoms with Crippen molar-refractivity contribution < 1.29 is 9.47 Å². The van der Waals surface area contributed by atoms with Gasteiger partial charge >= 0.3 is 0 Å². The average molecular weight is 527 g/mol. The Morgan fingerprint density at radius 2 is 0.854 bits per heavy atom. The average Bonchev–Trinajstić information content (AvgIpc) is 3.12. The molecule has 0 atom stereocenters. The lowest BCUT2D eigenvalue weighted by Crippen LogP contribution is -2.03. The van der Waals surface area contributed by atoms with Crippen LogP contribution in [0.3, 0.4) is 0 Å². The van der Waals surface area contributed by atoms with E-state index < -0.39 is 0 Å². The molecule has 0 N–H and O–H groups in total. The van der Waals surface area contributed by atoms with E-state index in [0.29, 0.717) is 13.2 Å². The van der Waals surface area contributed by atoms with Gasteiger partial charge in [0, 0.05) is 39.8 Å². The molecule has 2 nitrogen and oxygen atoms in total. The molecule has 6 aromatic carbocycles. The van der Waals surface area contributed by atoms with Crippen molar-refractivity contribution in [2.75, 3.05) is 13.2 Å². The second kappa shape index (κ2) is 11.0. The molecule has 41 heavy (non-hydrogen) atoms. The molecule has 0 fully saturated rings. The molecule has 0 saturated heterocycles. The predicted molar refractivity (Wildman–Crippen MR) is 167 cm³/mol. The largest absolute Gasteiger partial charge is 0.493 e. The summed E-state index contributed by atoms with van der Waals surface area (Å²) in [6.07, 6.45) is 0.816. The Bertz CT molecular complexity index is 1870. The Kier molecular flexibility index (Phi) is 6.58. The summed E-state index contributed by atoms with van der Waals surface area (Å²) in [4.78, 5) is 0. The van der Waals surface area contributed by atoms with Crippen molar-refractivity contribution in [1.29, 1.82) is 0 Å². The Morgan fingerprint density at radius 3 is 1.32 bits per heavy atom. The number of hydrogen-bond acceptors (Lipinski definition) is 2. The van der Waals surface area contributed by atoms with Gasteiger partial charge in [0.2, 0.25) is 0 Å².